The summed E-state index contributed by atoms with van der Waals surface area (Å²) in [5.41, 5.74) is 2.10. The summed E-state index contributed by atoms with van der Waals surface area (Å²) in [6.45, 7) is 2.17. The molecule has 3 heteroatoms. The number of nitrogens with one attached hydrogen (secondary N) is 1. The predicted octanol–water partition coefficient (Wildman–Crippen LogP) is 4.56. The fourth-order valence-electron chi connectivity index (χ4n) is 2.07. The number of hydrogen-bond acceptors (Lipinski definition) is 2. The van der Waals surface area contributed by atoms with Gasteiger partial charge in [0, 0.05) is 12.4 Å². The highest BCUT2D eigenvalue weighted by Gasteiger charge is 2.11. The lowest BCUT2D eigenvalue weighted by atomic mass is 10.0. The second-order valence-corrected chi connectivity index (χ2v) is 4.63. The van der Waals surface area contributed by atoms with Gasteiger partial charge in [-0.25, -0.2) is 4.39 Å². The van der Waals surface area contributed by atoms with Crippen molar-refractivity contribution in [1.29, 1.82) is 0 Å². The lowest BCUT2D eigenvalue weighted by molar-refractivity contribution is 0.616. The Kier molecular flexibility index (Phi) is 4.90. The van der Waals surface area contributed by atoms with Crippen LogP contribution in [-0.2, 0) is 0 Å². The van der Waals surface area contributed by atoms with Crippen molar-refractivity contribution in [2.75, 3.05) is 5.32 Å². The molecular formula is C16H19FN2. The SMILES string of the molecule is CCCCC(Nc1cccnc1)c1ccc(F)cc1. The van der Waals surface area contributed by atoms with Crippen LogP contribution in [0.15, 0.2) is 48.8 Å². The molecule has 1 N–H and O–H groups in total. The summed E-state index contributed by atoms with van der Waals surface area (Å²) >= 11 is 0. The molecule has 1 aromatic heterocycles. The molecule has 0 spiro atoms. The molecule has 2 nitrogen and oxygen atoms in total. The van der Waals surface area contributed by atoms with Crippen LogP contribution in [-0.4, -0.2) is 4.98 Å². The molecule has 1 atom stereocenters. The highest BCUT2D eigenvalue weighted by molar-refractivity contribution is 5.43. The largest absolute Gasteiger partial charge is 0.377 e. The van der Waals surface area contributed by atoms with E-state index in [4.69, 9.17) is 0 Å². The van der Waals surface area contributed by atoms with Gasteiger partial charge in [-0.05, 0) is 36.2 Å². The Hall–Kier alpha value is -1.90. The molecule has 0 saturated heterocycles. The Morgan fingerprint density at radius 3 is 2.63 bits per heavy atom. The molecule has 0 amide bonds. The zero-order valence-corrected chi connectivity index (χ0v) is 11.1. The number of aromatic nitrogens is 1. The summed E-state index contributed by atoms with van der Waals surface area (Å²) in [4.78, 5) is 4.10. The second kappa shape index (κ2) is 6.88. The summed E-state index contributed by atoms with van der Waals surface area (Å²) in [7, 11) is 0. The average Bonchev–Trinajstić information content (AvgIpc) is 2.45. The van der Waals surface area contributed by atoms with Crippen molar-refractivity contribution < 1.29 is 4.39 Å². The fourth-order valence-corrected chi connectivity index (χ4v) is 2.07. The molecule has 1 aromatic carbocycles. The van der Waals surface area contributed by atoms with E-state index in [1.54, 1.807) is 6.20 Å². The highest BCUT2D eigenvalue weighted by atomic mass is 19.1. The van der Waals surface area contributed by atoms with E-state index in [1.165, 1.54) is 12.1 Å². The Morgan fingerprint density at radius 1 is 1.21 bits per heavy atom. The third-order valence-electron chi connectivity index (χ3n) is 3.12. The summed E-state index contributed by atoms with van der Waals surface area (Å²) < 4.78 is 13.0. The normalized spacial score (nSPS) is 12.1. The summed E-state index contributed by atoms with van der Waals surface area (Å²) in [6.07, 6.45) is 6.87. The van der Waals surface area contributed by atoms with E-state index in [-0.39, 0.29) is 11.9 Å². The van der Waals surface area contributed by atoms with Crippen LogP contribution < -0.4 is 5.32 Å². The lowest BCUT2D eigenvalue weighted by Gasteiger charge is -2.20. The third kappa shape index (κ3) is 4.05. The van der Waals surface area contributed by atoms with Crippen molar-refractivity contribution in [3.8, 4) is 0 Å². The second-order valence-electron chi connectivity index (χ2n) is 4.63. The Bertz CT molecular complexity index is 482. The molecule has 0 aliphatic rings. The molecule has 0 aliphatic carbocycles. The zero-order valence-electron chi connectivity index (χ0n) is 11.1. The standard InChI is InChI=1S/C16H19FN2/c1-2-3-6-16(13-7-9-14(17)10-8-13)19-15-5-4-11-18-12-15/h4-5,7-12,16,19H,2-3,6H2,1H3. The molecule has 2 rings (SSSR count). The molecule has 1 heterocycles. The monoisotopic (exact) mass is 258 g/mol. The van der Waals surface area contributed by atoms with E-state index in [1.807, 2.05) is 30.5 Å². The zero-order chi connectivity index (χ0) is 13.5. The van der Waals surface area contributed by atoms with Gasteiger partial charge in [-0.3, -0.25) is 4.98 Å². The van der Waals surface area contributed by atoms with E-state index >= 15 is 0 Å². The van der Waals surface area contributed by atoms with Crippen LogP contribution >= 0.6 is 0 Å². The van der Waals surface area contributed by atoms with Crippen LogP contribution in [0, 0.1) is 5.82 Å². The van der Waals surface area contributed by atoms with Crippen LogP contribution in [0.3, 0.4) is 0 Å². The maximum atomic E-state index is 13.0. The van der Waals surface area contributed by atoms with Gasteiger partial charge in [0.25, 0.3) is 0 Å². The maximum absolute atomic E-state index is 13.0. The van der Waals surface area contributed by atoms with Gasteiger partial charge in [0.1, 0.15) is 5.82 Å². The van der Waals surface area contributed by atoms with E-state index in [2.05, 4.69) is 17.2 Å². The van der Waals surface area contributed by atoms with Crippen molar-refractivity contribution in [3.63, 3.8) is 0 Å². The number of halogens is 1. The molecule has 0 radical (unpaired) electrons. The molecule has 1 unspecified atom stereocenters. The van der Waals surface area contributed by atoms with Gasteiger partial charge in [0.05, 0.1) is 11.7 Å². The first-order valence-corrected chi connectivity index (χ1v) is 6.71. The number of unbranched alkanes of at least 4 members (excludes halogenated alkanes) is 1. The van der Waals surface area contributed by atoms with Gasteiger partial charge < -0.3 is 5.32 Å². The average molecular weight is 258 g/mol. The lowest BCUT2D eigenvalue weighted by Crippen LogP contribution is -2.11. The highest BCUT2D eigenvalue weighted by Crippen LogP contribution is 2.24. The van der Waals surface area contributed by atoms with E-state index in [0.717, 1.165) is 30.5 Å². The number of pyridine rings is 1. The van der Waals surface area contributed by atoms with Crippen LogP contribution in [0.2, 0.25) is 0 Å². The minimum absolute atomic E-state index is 0.195. The van der Waals surface area contributed by atoms with Gasteiger partial charge in [-0.15, -0.1) is 0 Å². The van der Waals surface area contributed by atoms with Crippen molar-refractivity contribution in [2.24, 2.45) is 0 Å². The molecule has 19 heavy (non-hydrogen) atoms. The molecule has 0 aliphatic heterocycles. The topological polar surface area (TPSA) is 24.9 Å². The van der Waals surface area contributed by atoms with E-state index in [9.17, 15) is 4.39 Å². The molecule has 100 valence electrons. The minimum Gasteiger partial charge on any atom is -0.377 e. The number of hydrogen-bond donors (Lipinski definition) is 1. The first-order valence-electron chi connectivity index (χ1n) is 6.71. The van der Waals surface area contributed by atoms with Crippen molar-refractivity contribution >= 4 is 5.69 Å². The molecule has 0 saturated carbocycles. The summed E-state index contributed by atoms with van der Waals surface area (Å²) in [6, 6.07) is 10.8. The Labute approximate surface area is 113 Å². The maximum Gasteiger partial charge on any atom is 0.123 e. The van der Waals surface area contributed by atoms with Crippen LogP contribution in [0.4, 0.5) is 10.1 Å². The molecule has 0 fully saturated rings. The Balaban J connectivity index is 2.13. The number of benzene rings is 1. The smallest absolute Gasteiger partial charge is 0.123 e. The molecular weight excluding hydrogens is 239 g/mol. The van der Waals surface area contributed by atoms with Crippen molar-refractivity contribution in [2.45, 2.75) is 32.2 Å². The Morgan fingerprint density at radius 2 is 2.00 bits per heavy atom. The third-order valence-corrected chi connectivity index (χ3v) is 3.12. The van der Waals surface area contributed by atoms with Crippen LogP contribution in [0.1, 0.15) is 37.8 Å². The number of nitrogens with zero attached hydrogens (tertiary/aromatic N) is 1. The number of rotatable bonds is 6. The minimum atomic E-state index is -0.195. The molecule has 2 aromatic rings. The first kappa shape index (κ1) is 13.5. The van der Waals surface area contributed by atoms with Gasteiger partial charge in [-0.1, -0.05) is 31.9 Å². The van der Waals surface area contributed by atoms with Gasteiger partial charge in [0.2, 0.25) is 0 Å². The van der Waals surface area contributed by atoms with Gasteiger partial charge in [0.15, 0.2) is 0 Å². The van der Waals surface area contributed by atoms with Crippen LogP contribution in [0.25, 0.3) is 0 Å². The summed E-state index contributed by atoms with van der Waals surface area (Å²) in [5.74, 6) is -0.195. The van der Waals surface area contributed by atoms with E-state index in [0.29, 0.717) is 0 Å². The van der Waals surface area contributed by atoms with Crippen molar-refractivity contribution in [3.05, 3.63) is 60.2 Å². The van der Waals surface area contributed by atoms with Crippen LogP contribution in [0.5, 0.6) is 0 Å². The van der Waals surface area contributed by atoms with E-state index < -0.39 is 0 Å². The first-order chi connectivity index (χ1) is 9.29. The van der Waals surface area contributed by atoms with Gasteiger partial charge in [-0.2, -0.15) is 0 Å². The molecule has 0 bridgehead atoms. The quantitative estimate of drug-likeness (QED) is 0.821. The fraction of sp³-hybridized carbons (Fsp3) is 0.312. The summed E-state index contributed by atoms with van der Waals surface area (Å²) in [5, 5.41) is 3.46. The predicted molar refractivity (Wildman–Crippen MR) is 76.5 cm³/mol. The van der Waals surface area contributed by atoms with Crippen molar-refractivity contribution in [1.82, 2.24) is 4.98 Å². The van der Waals surface area contributed by atoms with Gasteiger partial charge >= 0.3 is 0 Å². The number of anilines is 1.